The Balaban J connectivity index is 4.38. The number of allylic oxidation sites excluding steroid dienone is 12. The summed E-state index contributed by atoms with van der Waals surface area (Å²) in [6.07, 6.45) is 76.2. The van der Waals surface area contributed by atoms with Crippen LogP contribution in [0.5, 0.6) is 0 Å². The lowest BCUT2D eigenvalue weighted by Gasteiger charge is -2.18. The van der Waals surface area contributed by atoms with Crippen LogP contribution in [0.1, 0.15) is 303 Å². The van der Waals surface area contributed by atoms with E-state index in [4.69, 9.17) is 14.2 Å². The summed E-state index contributed by atoms with van der Waals surface area (Å²) >= 11 is 0. The fourth-order valence-corrected chi connectivity index (χ4v) is 8.64. The van der Waals surface area contributed by atoms with E-state index in [-0.39, 0.29) is 37.5 Å². The molecule has 0 heterocycles. The molecule has 0 aliphatic carbocycles. The first-order valence-electron chi connectivity index (χ1n) is 30.4. The molecule has 0 N–H and O–H groups in total. The molecule has 0 aromatic carbocycles. The van der Waals surface area contributed by atoms with Crippen molar-refractivity contribution in [1.29, 1.82) is 0 Å². The van der Waals surface area contributed by atoms with Gasteiger partial charge in [0, 0.05) is 19.3 Å². The van der Waals surface area contributed by atoms with Gasteiger partial charge < -0.3 is 14.2 Å². The van der Waals surface area contributed by atoms with Crippen molar-refractivity contribution >= 4 is 17.9 Å². The van der Waals surface area contributed by atoms with Gasteiger partial charge in [-0.15, -0.1) is 0 Å². The highest BCUT2D eigenvalue weighted by Crippen LogP contribution is 2.17. The van der Waals surface area contributed by atoms with Crippen LogP contribution in [0.4, 0.5) is 0 Å². The summed E-state index contributed by atoms with van der Waals surface area (Å²) in [5, 5.41) is 0. The van der Waals surface area contributed by atoms with E-state index in [0.29, 0.717) is 12.8 Å². The van der Waals surface area contributed by atoms with E-state index in [0.717, 1.165) is 103 Å². The van der Waals surface area contributed by atoms with Crippen molar-refractivity contribution in [3.63, 3.8) is 0 Å². The smallest absolute Gasteiger partial charge is 0.306 e. The lowest BCUT2D eigenvalue weighted by molar-refractivity contribution is -0.167. The van der Waals surface area contributed by atoms with Gasteiger partial charge in [0.1, 0.15) is 13.2 Å². The Labute approximate surface area is 440 Å². The molecule has 0 fully saturated rings. The quantitative estimate of drug-likeness (QED) is 0.0261. The van der Waals surface area contributed by atoms with Crippen molar-refractivity contribution in [3.8, 4) is 0 Å². The number of ether oxygens (including phenoxy) is 3. The lowest BCUT2D eigenvalue weighted by Crippen LogP contribution is -2.30. The van der Waals surface area contributed by atoms with Gasteiger partial charge in [0.2, 0.25) is 0 Å². The zero-order chi connectivity index (χ0) is 51.4. The Morgan fingerprint density at radius 1 is 0.296 bits per heavy atom. The van der Waals surface area contributed by atoms with Crippen LogP contribution < -0.4 is 0 Å². The first kappa shape index (κ1) is 67.8. The Hall–Kier alpha value is -3.15. The van der Waals surface area contributed by atoms with Crippen LogP contribution in [0.2, 0.25) is 0 Å². The highest BCUT2D eigenvalue weighted by Gasteiger charge is 2.19. The molecule has 0 aromatic rings. The molecule has 71 heavy (non-hydrogen) atoms. The summed E-state index contributed by atoms with van der Waals surface area (Å²) in [6, 6.07) is 0. The summed E-state index contributed by atoms with van der Waals surface area (Å²) in [5.74, 6) is -0.918. The van der Waals surface area contributed by atoms with Crippen molar-refractivity contribution in [1.82, 2.24) is 0 Å². The molecule has 0 radical (unpaired) electrons. The molecular weight excluding hydrogens is 877 g/mol. The van der Waals surface area contributed by atoms with Crippen LogP contribution in [-0.4, -0.2) is 37.2 Å². The topological polar surface area (TPSA) is 78.9 Å². The molecular formula is C65H114O6. The van der Waals surface area contributed by atoms with Gasteiger partial charge in [0.05, 0.1) is 0 Å². The minimum absolute atomic E-state index is 0.0889. The SMILES string of the molecule is CC/C=C\C/C=C\C/C=C\C/C=C\C/C=C\CCCCCC(=O)O[C@H](COC(=O)CCCCCCC/C=C\CCCCCC)COC(=O)CCCCCCCCCCCCCCCCCCCCCCC. The van der Waals surface area contributed by atoms with Gasteiger partial charge in [-0.2, -0.15) is 0 Å². The standard InChI is InChI=1S/C65H114O6/c1-4-7-10-13-16-19-22-25-27-29-31-32-34-35-37-40-43-46-49-52-55-58-64(67)70-61-62(60-69-63(66)57-54-51-48-45-42-39-24-21-18-15-12-9-6-3)71-65(68)59-56-53-50-47-44-41-38-36-33-30-28-26-23-20-17-14-11-8-5-2/h8,11,17,20-21,24,26,28,33,36,41,44,62H,4-7,9-10,12-16,18-19,22-23,25,27,29-32,34-35,37-40,42-43,45-61H2,1-3H3/b11-8-,20-17-,24-21-,28-26-,36-33-,44-41-/t62-/m1/s1. The maximum absolute atomic E-state index is 12.9. The summed E-state index contributed by atoms with van der Waals surface area (Å²) in [5.41, 5.74) is 0. The van der Waals surface area contributed by atoms with Crippen LogP contribution in [0, 0.1) is 0 Å². The van der Waals surface area contributed by atoms with E-state index < -0.39 is 6.10 Å². The minimum Gasteiger partial charge on any atom is -0.462 e. The minimum atomic E-state index is -0.795. The lowest BCUT2D eigenvalue weighted by atomic mass is 10.0. The number of unbranched alkanes of at least 4 members (excludes halogenated alkanes) is 32. The van der Waals surface area contributed by atoms with Crippen molar-refractivity contribution in [2.45, 2.75) is 309 Å². The normalized spacial score (nSPS) is 12.5. The average Bonchev–Trinajstić information content (AvgIpc) is 3.37. The third-order valence-electron chi connectivity index (χ3n) is 13.2. The molecule has 6 nitrogen and oxygen atoms in total. The maximum atomic E-state index is 12.9. The summed E-state index contributed by atoms with van der Waals surface area (Å²) in [4.78, 5) is 38.2. The van der Waals surface area contributed by atoms with Gasteiger partial charge in [-0.3, -0.25) is 14.4 Å². The van der Waals surface area contributed by atoms with E-state index in [1.807, 2.05) is 0 Å². The van der Waals surface area contributed by atoms with Crippen LogP contribution >= 0.6 is 0 Å². The van der Waals surface area contributed by atoms with Crippen molar-refractivity contribution in [2.75, 3.05) is 13.2 Å². The van der Waals surface area contributed by atoms with Gasteiger partial charge in [0.25, 0.3) is 0 Å². The first-order valence-corrected chi connectivity index (χ1v) is 30.4. The molecule has 1 atom stereocenters. The predicted molar refractivity (Wildman–Crippen MR) is 307 cm³/mol. The highest BCUT2D eigenvalue weighted by molar-refractivity contribution is 5.71. The molecule has 0 aromatic heterocycles. The molecule has 0 spiro atoms. The largest absolute Gasteiger partial charge is 0.462 e. The molecule has 0 saturated heterocycles. The van der Waals surface area contributed by atoms with Crippen LogP contribution in [-0.2, 0) is 28.6 Å². The molecule has 0 rings (SSSR count). The van der Waals surface area contributed by atoms with Crippen molar-refractivity contribution < 1.29 is 28.6 Å². The Bertz CT molecular complexity index is 1320. The molecule has 0 amide bonds. The number of rotatable bonds is 55. The fourth-order valence-electron chi connectivity index (χ4n) is 8.64. The molecule has 0 aliphatic rings. The summed E-state index contributed by atoms with van der Waals surface area (Å²) in [6.45, 7) is 6.51. The second kappa shape index (κ2) is 59.4. The van der Waals surface area contributed by atoms with Crippen LogP contribution in [0.3, 0.4) is 0 Å². The summed E-state index contributed by atoms with van der Waals surface area (Å²) in [7, 11) is 0. The number of esters is 3. The monoisotopic (exact) mass is 991 g/mol. The van der Waals surface area contributed by atoms with E-state index in [1.165, 1.54) is 161 Å². The third kappa shape index (κ3) is 57.6. The second-order valence-corrected chi connectivity index (χ2v) is 20.2. The van der Waals surface area contributed by atoms with Crippen LogP contribution in [0.15, 0.2) is 72.9 Å². The number of carbonyl (C=O) groups excluding carboxylic acids is 3. The number of hydrogen-bond acceptors (Lipinski definition) is 6. The molecule has 0 bridgehead atoms. The zero-order valence-corrected chi connectivity index (χ0v) is 47.0. The van der Waals surface area contributed by atoms with Gasteiger partial charge in [-0.1, -0.05) is 267 Å². The van der Waals surface area contributed by atoms with Crippen LogP contribution in [0.25, 0.3) is 0 Å². The van der Waals surface area contributed by atoms with Gasteiger partial charge in [-0.05, 0) is 89.9 Å². The second-order valence-electron chi connectivity index (χ2n) is 20.2. The molecule has 410 valence electrons. The zero-order valence-electron chi connectivity index (χ0n) is 47.0. The van der Waals surface area contributed by atoms with Gasteiger partial charge >= 0.3 is 17.9 Å². The maximum Gasteiger partial charge on any atom is 0.306 e. The molecule has 0 unspecified atom stereocenters. The average molecular weight is 992 g/mol. The molecule has 0 saturated carbocycles. The predicted octanol–water partition coefficient (Wildman–Crippen LogP) is 20.5. The fraction of sp³-hybridized carbons (Fsp3) is 0.769. The third-order valence-corrected chi connectivity index (χ3v) is 13.2. The van der Waals surface area contributed by atoms with E-state index in [9.17, 15) is 14.4 Å². The first-order chi connectivity index (χ1) is 35.0. The van der Waals surface area contributed by atoms with E-state index >= 15 is 0 Å². The molecule has 0 aliphatic heterocycles. The van der Waals surface area contributed by atoms with E-state index in [2.05, 4.69) is 93.7 Å². The highest BCUT2D eigenvalue weighted by atomic mass is 16.6. The van der Waals surface area contributed by atoms with Gasteiger partial charge in [0.15, 0.2) is 6.10 Å². The Morgan fingerprint density at radius 2 is 0.549 bits per heavy atom. The van der Waals surface area contributed by atoms with E-state index in [1.54, 1.807) is 0 Å². The Kier molecular flexibility index (Phi) is 56.8. The van der Waals surface area contributed by atoms with Gasteiger partial charge in [-0.25, -0.2) is 0 Å². The van der Waals surface area contributed by atoms with Crippen molar-refractivity contribution in [3.05, 3.63) is 72.9 Å². The summed E-state index contributed by atoms with van der Waals surface area (Å²) < 4.78 is 16.9. The molecule has 6 heteroatoms. The van der Waals surface area contributed by atoms with Crippen molar-refractivity contribution in [2.24, 2.45) is 0 Å². The number of carbonyl (C=O) groups is 3. The number of hydrogen-bond donors (Lipinski definition) is 0. The Morgan fingerprint density at radius 3 is 0.901 bits per heavy atom.